The van der Waals surface area contributed by atoms with Crippen LogP contribution < -0.4 is 0 Å². The molecule has 4 aromatic carbocycles. The van der Waals surface area contributed by atoms with Crippen molar-refractivity contribution in [2.75, 3.05) is 5.75 Å². The zero-order valence-corrected chi connectivity index (χ0v) is 38.7. The van der Waals surface area contributed by atoms with Crippen molar-refractivity contribution < 1.29 is 17.3 Å². The van der Waals surface area contributed by atoms with Gasteiger partial charge in [0.25, 0.3) is 0 Å². The maximum absolute atomic E-state index is 9.75. The average Bonchev–Trinajstić information content (AvgIpc) is 3.77. The molecule has 0 amide bonds. The van der Waals surface area contributed by atoms with E-state index in [0.717, 1.165) is 33.7 Å². The van der Waals surface area contributed by atoms with Crippen molar-refractivity contribution in [2.24, 2.45) is 0 Å². The van der Waals surface area contributed by atoms with Crippen molar-refractivity contribution in [3.63, 3.8) is 0 Å². The summed E-state index contributed by atoms with van der Waals surface area (Å²) in [6, 6.07) is 47.6. The number of halogens is 4. The number of hydrogen-bond acceptors (Lipinski definition) is 6. The van der Waals surface area contributed by atoms with Crippen molar-refractivity contribution in [3.05, 3.63) is 202 Å². The normalized spacial score (nSPS) is 14.9. The van der Waals surface area contributed by atoms with E-state index < -0.39 is 7.25 Å². The minimum Gasteiger partial charge on any atom is -0.418 e. The lowest BCUT2D eigenvalue weighted by Crippen LogP contribution is -2.02. The van der Waals surface area contributed by atoms with Gasteiger partial charge in [0.2, 0.25) is 21.1 Å². The highest BCUT2D eigenvalue weighted by Crippen LogP contribution is 2.46. The quantitative estimate of drug-likeness (QED) is 0.0356. The molecule has 2 nitrogen and oxygen atoms in total. The first-order valence-corrected chi connectivity index (χ1v) is 25.1. The Morgan fingerprint density at radius 3 is 1.71 bits per heavy atom. The molecule has 2 aliphatic rings. The molecule has 320 valence electrons. The van der Waals surface area contributed by atoms with Crippen molar-refractivity contribution in [1.29, 1.82) is 0 Å². The van der Waals surface area contributed by atoms with Crippen LogP contribution in [0.4, 0.5) is 17.3 Å². The summed E-state index contributed by atoms with van der Waals surface area (Å²) >= 11 is 9.04. The lowest BCUT2D eigenvalue weighted by molar-refractivity contribution is 0.368. The van der Waals surface area contributed by atoms with Crippen LogP contribution >= 0.6 is 58.0 Å². The van der Waals surface area contributed by atoms with Crippen molar-refractivity contribution >= 4 is 81.1 Å². The van der Waals surface area contributed by atoms with Gasteiger partial charge in [-0.05, 0) is 95.5 Å². The molecule has 0 saturated heterocycles. The van der Waals surface area contributed by atoms with Crippen molar-refractivity contribution in [2.45, 2.75) is 54.1 Å². The Bertz CT molecular complexity index is 2500. The van der Waals surface area contributed by atoms with Gasteiger partial charge in [-0.2, -0.15) is 0 Å². The van der Waals surface area contributed by atoms with Gasteiger partial charge in [-0.15, -0.1) is 10.2 Å². The van der Waals surface area contributed by atoms with E-state index in [0.29, 0.717) is 0 Å². The molecular formula is C51H45BF4N2S5. The predicted octanol–water partition coefficient (Wildman–Crippen LogP) is 17.7. The summed E-state index contributed by atoms with van der Waals surface area (Å²) in [4.78, 5) is 6.34. The van der Waals surface area contributed by atoms with Gasteiger partial charge in [0.05, 0.1) is 0 Å². The van der Waals surface area contributed by atoms with Crippen LogP contribution in [0.3, 0.4) is 0 Å². The summed E-state index contributed by atoms with van der Waals surface area (Å²) in [6.07, 6.45) is 20.9. The standard InChI is InChI=1S/C51H45N2S5.BF4/c1-2-3-16-32-54-50-52-53-51(58-50)57-49-43(30-28-37-33-45(39-18-8-4-9-19-39)55-46(34-37)40-20-10-5-11-21-40)26-17-27-44(49)31-29-38-35-47(41-22-12-6-13-23-41)56-48(36-38)42-24-14-7-15-25-42;2-1(3,4)5/h4-15,18-25,28-31,33-36H,2-3,16-17,26-27,32H2,1H3;/q+1;-1. The van der Waals surface area contributed by atoms with Gasteiger partial charge < -0.3 is 17.3 Å². The summed E-state index contributed by atoms with van der Waals surface area (Å²) < 4.78 is 41.1. The Kier molecular flexibility index (Phi) is 17.1. The smallest absolute Gasteiger partial charge is 0.418 e. The number of nitrogens with zero attached hydrogens (tertiary/aromatic N) is 2. The molecule has 2 aromatic heterocycles. The molecule has 0 saturated carbocycles. The highest BCUT2D eigenvalue weighted by molar-refractivity contribution is 8.16. The molecule has 8 rings (SSSR count). The summed E-state index contributed by atoms with van der Waals surface area (Å²) in [6.45, 7) is 2.25. The number of benzene rings is 4. The molecule has 0 unspecified atom stereocenters. The third-order valence-electron chi connectivity index (χ3n) is 9.84. The van der Waals surface area contributed by atoms with Gasteiger partial charge in [0, 0.05) is 43.7 Å². The SMILES string of the molecule is CCCCCSc1nnc(SC2=C(/C=C/c3cc(-c4ccccc4)[s+]c(-c4ccccc4)c3)CCC/C2=C\C=C2C=C(c3ccccc3)SC(c3ccccc3)=C2)s1.F[B-](F)(F)F. The van der Waals surface area contributed by atoms with Crippen LogP contribution in [-0.2, 0) is 0 Å². The number of thioether (sulfide) groups is 3. The first-order chi connectivity index (χ1) is 30.7. The highest BCUT2D eigenvalue weighted by Gasteiger charge is 2.22. The summed E-state index contributed by atoms with van der Waals surface area (Å²) in [5.41, 5.74) is 10.0. The molecule has 6 aromatic rings. The molecule has 1 aliphatic heterocycles. The van der Waals surface area contributed by atoms with Crippen LogP contribution in [0.2, 0.25) is 0 Å². The minimum absolute atomic E-state index is 1.00. The molecule has 0 atom stereocenters. The molecule has 12 heteroatoms. The Balaban J connectivity index is 0.00000113. The van der Waals surface area contributed by atoms with Crippen LogP contribution in [0.25, 0.3) is 36.8 Å². The summed E-state index contributed by atoms with van der Waals surface area (Å²) in [7, 11) is -6.00. The van der Waals surface area contributed by atoms with E-state index in [1.807, 2.05) is 34.9 Å². The average molecular weight is 933 g/mol. The zero-order chi connectivity index (χ0) is 43.9. The number of rotatable bonds is 14. The Labute approximate surface area is 388 Å². The van der Waals surface area contributed by atoms with Crippen LogP contribution in [0.1, 0.15) is 62.1 Å². The topological polar surface area (TPSA) is 25.8 Å². The maximum Gasteiger partial charge on any atom is 0.673 e. The van der Waals surface area contributed by atoms with Crippen LogP contribution in [0.15, 0.2) is 194 Å². The van der Waals surface area contributed by atoms with E-state index >= 15 is 0 Å². The number of allylic oxidation sites excluding steroid dienone is 8. The van der Waals surface area contributed by atoms with Crippen LogP contribution in [0.5, 0.6) is 0 Å². The first-order valence-electron chi connectivity index (χ1n) is 20.8. The van der Waals surface area contributed by atoms with Crippen LogP contribution in [0, 0.1) is 0 Å². The molecule has 63 heavy (non-hydrogen) atoms. The van der Waals surface area contributed by atoms with Gasteiger partial charge in [0.15, 0.2) is 8.68 Å². The molecule has 0 N–H and O–H groups in total. The first kappa shape index (κ1) is 46.3. The molecule has 0 radical (unpaired) electrons. The van der Waals surface area contributed by atoms with Gasteiger partial charge in [-0.3, -0.25) is 0 Å². The van der Waals surface area contributed by atoms with Gasteiger partial charge in [-0.25, -0.2) is 0 Å². The Morgan fingerprint density at radius 2 is 1.17 bits per heavy atom. The lowest BCUT2D eigenvalue weighted by atomic mass is 9.93. The largest absolute Gasteiger partial charge is 0.673 e. The Morgan fingerprint density at radius 1 is 0.651 bits per heavy atom. The summed E-state index contributed by atoms with van der Waals surface area (Å²) in [5.74, 6) is 1.09. The predicted molar refractivity (Wildman–Crippen MR) is 268 cm³/mol. The fourth-order valence-electron chi connectivity index (χ4n) is 6.86. The Hall–Kier alpha value is -4.72. The van der Waals surface area contributed by atoms with Crippen molar-refractivity contribution in [1.82, 2.24) is 10.2 Å². The minimum atomic E-state index is -6.00. The number of aromatic nitrogens is 2. The fourth-order valence-corrected chi connectivity index (χ4v) is 12.5. The second kappa shape index (κ2) is 23.3. The van der Waals surface area contributed by atoms with Gasteiger partial charge in [0.1, 0.15) is 0 Å². The van der Waals surface area contributed by atoms with E-state index in [1.54, 1.807) is 23.1 Å². The van der Waals surface area contributed by atoms with E-state index in [1.165, 1.54) is 88.3 Å². The molecule has 3 heterocycles. The maximum atomic E-state index is 9.75. The van der Waals surface area contributed by atoms with Gasteiger partial charge >= 0.3 is 7.25 Å². The van der Waals surface area contributed by atoms with Gasteiger partial charge in [-0.1, -0.05) is 188 Å². The monoisotopic (exact) mass is 932 g/mol. The van der Waals surface area contributed by atoms with E-state index in [4.69, 9.17) is 5.10 Å². The molecule has 0 bridgehead atoms. The second-order valence-corrected chi connectivity index (χ2v) is 20.3. The summed E-state index contributed by atoms with van der Waals surface area (Å²) in [5, 5.41) is 9.33. The van der Waals surface area contributed by atoms with E-state index in [-0.39, 0.29) is 0 Å². The molecule has 1 aliphatic carbocycles. The second-order valence-electron chi connectivity index (χ2n) is 14.6. The molecule has 0 fully saturated rings. The molecule has 0 spiro atoms. The number of hydrogen-bond donors (Lipinski definition) is 0. The highest BCUT2D eigenvalue weighted by atomic mass is 32.2. The van der Waals surface area contributed by atoms with E-state index in [9.17, 15) is 17.3 Å². The van der Waals surface area contributed by atoms with Crippen molar-refractivity contribution in [3.8, 4) is 20.9 Å². The van der Waals surface area contributed by atoms with Crippen LogP contribution in [-0.4, -0.2) is 23.2 Å². The zero-order valence-electron chi connectivity index (χ0n) is 34.6. The fraction of sp³-hybridized carbons (Fsp3) is 0.157. The number of unbranched alkanes of at least 4 members (excludes halogenated alkanes) is 2. The van der Waals surface area contributed by atoms with E-state index in [2.05, 4.69) is 182 Å². The lowest BCUT2D eigenvalue weighted by Gasteiger charge is -2.21. The third kappa shape index (κ3) is 14.4. The third-order valence-corrected chi connectivity index (χ3v) is 15.6. The molecular weight excluding hydrogens is 888 g/mol.